The lowest BCUT2D eigenvalue weighted by atomic mass is 9.34. The van der Waals surface area contributed by atoms with Crippen LogP contribution in [0.4, 0.5) is 33.4 Å². The molecular formula is C63H64BN3OS3Si. The molecule has 0 bridgehead atoms. The molecule has 13 rings (SSSR count). The van der Waals surface area contributed by atoms with E-state index in [9.17, 15) is 0 Å². The van der Waals surface area contributed by atoms with Gasteiger partial charge in [0, 0.05) is 64.3 Å². The highest BCUT2D eigenvalue weighted by Gasteiger charge is 2.48. The minimum absolute atomic E-state index is 0.0155. The van der Waals surface area contributed by atoms with Crippen molar-refractivity contribution in [1.82, 2.24) is 4.57 Å². The van der Waals surface area contributed by atoms with Crippen molar-refractivity contribution in [2.75, 3.05) is 16.4 Å². The molecule has 0 aliphatic carbocycles. The summed E-state index contributed by atoms with van der Waals surface area (Å²) >= 11 is 5.89. The quantitative estimate of drug-likeness (QED) is 0.164. The molecule has 0 unspecified atom stereocenters. The van der Waals surface area contributed by atoms with Crippen LogP contribution in [0.3, 0.4) is 0 Å². The smallest absolute Gasteiger partial charge is 0.255 e. The minimum Gasteiger partial charge on any atom is -0.491 e. The first-order chi connectivity index (χ1) is 34.0. The molecule has 0 saturated heterocycles. The zero-order valence-corrected chi connectivity index (χ0v) is 47.8. The van der Waals surface area contributed by atoms with Gasteiger partial charge in [0.25, 0.3) is 6.71 Å². The Morgan fingerprint density at radius 3 is 1.85 bits per heavy atom. The van der Waals surface area contributed by atoms with Gasteiger partial charge in [-0.25, -0.2) is 0 Å². The van der Waals surface area contributed by atoms with Crippen LogP contribution in [0.1, 0.15) is 97.0 Å². The number of anilines is 6. The van der Waals surface area contributed by atoms with Gasteiger partial charge in [-0.3, -0.25) is 0 Å². The Morgan fingerprint density at radius 2 is 1.21 bits per heavy atom. The Hall–Kier alpha value is -5.58. The summed E-state index contributed by atoms with van der Waals surface area (Å²) in [5, 5.41) is 6.68. The van der Waals surface area contributed by atoms with Crippen LogP contribution in [0, 0.1) is 0 Å². The van der Waals surface area contributed by atoms with E-state index in [2.05, 4.69) is 231 Å². The van der Waals surface area contributed by atoms with E-state index in [0.29, 0.717) is 6.61 Å². The molecular weight excluding hydrogens is 950 g/mol. The summed E-state index contributed by atoms with van der Waals surface area (Å²) in [6.45, 7) is 33.8. The first-order valence-electron chi connectivity index (χ1n) is 25.8. The number of hydrogen-bond acceptors (Lipinski definition) is 6. The number of aromatic nitrogens is 1. The topological polar surface area (TPSA) is 20.6 Å². The maximum Gasteiger partial charge on any atom is 0.255 e. The zero-order valence-electron chi connectivity index (χ0n) is 44.3. The molecule has 9 heteroatoms. The summed E-state index contributed by atoms with van der Waals surface area (Å²) in [5.41, 5.74) is 16.5. The van der Waals surface area contributed by atoms with E-state index in [0.717, 1.165) is 11.4 Å². The highest BCUT2D eigenvalue weighted by Crippen LogP contribution is 2.54. The third kappa shape index (κ3) is 6.79. The molecule has 0 spiro atoms. The van der Waals surface area contributed by atoms with E-state index in [-0.39, 0.29) is 28.4 Å². The first-order valence-corrected chi connectivity index (χ1v) is 31.7. The average Bonchev–Trinajstić information content (AvgIpc) is 4.14. The fourth-order valence-electron chi connectivity index (χ4n) is 11.7. The van der Waals surface area contributed by atoms with E-state index < -0.39 is 8.07 Å². The van der Waals surface area contributed by atoms with Crippen molar-refractivity contribution in [3.8, 4) is 11.4 Å². The monoisotopic (exact) mass is 1010 g/mol. The Morgan fingerprint density at radius 1 is 0.569 bits per heavy atom. The molecule has 0 atom stereocenters. The number of hydrogen-bond donors (Lipinski definition) is 0. The van der Waals surface area contributed by atoms with Crippen molar-refractivity contribution in [1.29, 1.82) is 0 Å². The Kier molecular flexibility index (Phi) is 9.79. The number of nitrogens with zero attached hydrogens (tertiary/aromatic N) is 3. The third-order valence-corrected chi connectivity index (χ3v) is 22.2. The summed E-state index contributed by atoms with van der Waals surface area (Å²) < 4.78 is 13.3. The molecule has 0 saturated carbocycles. The molecule has 4 nitrogen and oxygen atoms in total. The summed E-state index contributed by atoms with van der Waals surface area (Å²) in [5.74, 6) is 1.08. The Bertz CT molecular complexity index is 3900. The molecule has 362 valence electrons. The van der Waals surface area contributed by atoms with Gasteiger partial charge in [-0.1, -0.05) is 162 Å². The minimum atomic E-state index is -1.64. The maximum atomic E-state index is 6.69. The van der Waals surface area contributed by atoms with E-state index >= 15 is 0 Å². The third-order valence-electron chi connectivity index (χ3n) is 15.8. The number of ether oxygens (including phenoxy) is 1. The molecule has 0 N–H and O–H groups in total. The van der Waals surface area contributed by atoms with Crippen LogP contribution < -0.4 is 36.1 Å². The summed E-state index contributed by atoms with van der Waals surface area (Å²) in [7, 11) is -1.64. The van der Waals surface area contributed by atoms with Gasteiger partial charge in [-0.15, -0.1) is 34.0 Å². The van der Waals surface area contributed by atoms with E-state index in [1.807, 2.05) is 34.0 Å². The Labute approximate surface area is 439 Å². The highest BCUT2D eigenvalue weighted by molar-refractivity contribution is 7.27. The molecule has 3 aliphatic heterocycles. The van der Waals surface area contributed by atoms with Gasteiger partial charge >= 0.3 is 0 Å². The second kappa shape index (κ2) is 15.3. The maximum absolute atomic E-state index is 6.69. The van der Waals surface area contributed by atoms with Crippen molar-refractivity contribution in [2.45, 2.75) is 117 Å². The average molecular weight is 1010 g/mol. The van der Waals surface area contributed by atoms with Gasteiger partial charge < -0.3 is 19.1 Å². The summed E-state index contributed by atoms with van der Waals surface area (Å²) in [6, 6.07) is 47.9. The van der Waals surface area contributed by atoms with Crippen molar-refractivity contribution in [3.05, 3.63) is 142 Å². The summed E-state index contributed by atoms with van der Waals surface area (Å²) in [4.78, 5) is 8.02. The van der Waals surface area contributed by atoms with Crippen LogP contribution in [0.2, 0.25) is 19.6 Å². The molecule has 7 heterocycles. The lowest BCUT2D eigenvalue weighted by molar-refractivity contribution is 0.293. The lowest BCUT2D eigenvalue weighted by Crippen LogP contribution is -2.61. The van der Waals surface area contributed by atoms with Gasteiger partial charge in [-0.2, -0.15) is 0 Å². The van der Waals surface area contributed by atoms with Crippen molar-refractivity contribution < 1.29 is 4.74 Å². The van der Waals surface area contributed by atoms with E-state index in [1.54, 1.807) is 0 Å². The molecule has 0 amide bonds. The molecule has 4 aromatic heterocycles. The van der Waals surface area contributed by atoms with Gasteiger partial charge in [0.2, 0.25) is 0 Å². The number of benzene rings is 6. The van der Waals surface area contributed by atoms with Crippen LogP contribution in [0.25, 0.3) is 47.0 Å². The van der Waals surface area contributed by atoms with Gasteiger partial charge in [0.1, 0.15) is 5.75 Å². The van der Waals surface area contributed by atoms with Crippen LogP contribution in [0.5, 0.6) is 5.75 Å². The Balaban J connectivity index is 1.20. The fourth-order valence-corrected chi connectivity index (χ4v) is 16.8. The van der Waals surface area contributed by atoms with Gasteiger partial charge in [0.15, 0.2) is 0 Å². The normalized spacial score (nSPS) is 15.4. The zero-order chi connectivity index (χ0) is 50.3. The number of fused-ring (bicyclic) bond motifs is 13. The highest BCUT2D eigenvalue weighted by atomic mass is 32.1. The SMILES string of the molecule is CC(C)(C)c1ccc(N2c3cc(-n4c5ccc([Si](C)(C)C)cc5c5sc6ccccc6c54)cc4c3B(c3cc(C(C)(C)C)sc3N4c3ccc(C(C)(C)C)cc3)c3c2ccc2c4c(sc32)C(C)(C)CO4)cc1. The van der Waals surface area contributed by atoms with Crippen LogP contribution >= 0.6 is 34.0 Å². The second-order valence-electron chi connectivity index (χ2n) is 25.6. The molecule has 72 heavy (non-hydrogen) atoms. The van der Waals surface area contributed by atoms with Crippen molar-refractivity contribution in [2.24, 2.45) is 0 Å². The predicted molar refractivity (Wildman–Crippen MR) is 321 cm³/mol. The van der Waals surface area contributed by atoms with Crippen LogP contribution in [0.15, 0.2) is 121 Å². The van der Waals surface area contributed by atoms with Crippen LogP contribution in [-0.2, 0) is 21.7 Å². The van der Waals surface area contributed by atoms with Gasteiger partial charge in [-0.05, 0) is 104 Å². The largest absolute Gasteiger partial charge is 0.491 e. The van der Waals surface area contributed by atoms with Crippen LogP contribution in [-0.4, -0.2) is 26.0 Å². The molecule has 6 aromatic carbocycles. The summed E-state index contributed by atoms with van der Waals surface area (Å²) in [6.07, 6.45) is 0. The van der Waals surface area contributed by atoms with Crippen molar-refractivity contribution in [3.63, 3.8) is 0 Å². The number of rotatable bonds is 4. The fraction of sp³-hybridized carbons (Fsp3) is 0.302. The molecule has 0 radical (unpaired) electrons. The lowest BCUT2D eigenvalue weighted by Gasteiger charge is -2.43. The number of thiophene rings is 3. The van der Waals surface area contributed by atoms with Crippen molar-refractivity contribution >= 4 is 145 Å². The second-order valence-corrected chi connectivity index (χ2v) is 33.8. The standard InChI is InChI=1S/C63H64BN3OS3Si/c1-60(2,3)36-19-23-38(24-20-36)65-47-30-28-43-55-58(63(10,11)35-68-55)71-56(43)53(47)64-45-34-51(62(7,8)9)70-59(45)67(39-25-21-37(22-26-39)61(4,5)6)49-32-40(31-48(65)52(49)64)66-46-29-27-41(72(12,13)14)33-44(46)57-54(66)42-17-15-16-18-50(42)69-57/h15-34H,35H2,1-14H3. The molecule has 3 aliphatic rings. The van der Waals surface area contributed by atoms with Gasteiger partial charge in [0.05, 0.1) is 46.0 Å². The first kappa shape index (κ1) is 46.2. The van der Waals surface area contributed by atoms with E-state index in [4.69, 9.17) is 4.74 Å². The van der Waals surface area contributed by atoms with E-state index in [1.165, 1.54) is 117 Å². The molecule has 10 aromatic rings. The predicted octanol–water partition coefficient (Wildman–Crippen LogP) is 16.5. The molecule has 0 fully saturated rings.